The number of hydrogen-bond donors (Lipinski definition) is 1. The molecule has 0 spiro atoms. The molecule has 1 amide bonds. The fourth-order valence-electron chi connectivity index (χ4n) is 1.89. The van der Waals surface area contributed by atoms with Crippen LogP contribution in [0.15, 0.2) is 24.4 Å². The van der Waals surface area contributed by atoms with Crippen LogP contribution >= 0.6 is 0 Å². The molecule has 0 aliphatic heterocycles. The molecular formula is C14H19F3N2O2. The normalized spacial score (nSPS) is 15.4. The number of nitrogens with zero attached hydrogens (tertiary/aromatic N) is 1. The summed E-state index contributed by atoms with van der Waals surface area (Å²) in [5, 5.41) is 2.38. The minimum Gasteiger partial charge on any atom is -0.363 e. The number of ether oxygens (including phenoxy) is 1. The molecule has 2 atom stereocenters. The smallest absolute Gasteiger partial charge is 0.363 e. The molecule has 0 bridgehead atoms. The summed E-state index contributed by atoms with van der Waals surface area (Å²) in [5.74, 6) is -1.23. The second-order valence-electron chi connectivity index (χ2n) is 5.72. The zero-order valence-electron chi connectivity index (χ0n) is 12.4. The lowest BCUT2D eigenvalue weighted by Gasteiger charge is -2.32. The number of methoxy groups -OCH3 is 1. The van der Waals surface area contributed by atoms with Crippen LogP contribution in [-0.2, 0) is 9.53 Å². The molecule has 1 aromatic heterocycles. The standard InChI is InChI=1S/C14H19F3N2O2/c1-13(2,3)10(9-7-5-6-8-18-9)19-12(20)11(21-4)14(15,16)17/h5-8,10-11H,1-4H3,(H,19,20)/t10-,11+/m0/s1. The minimum absolute atomic E-state index is 0.496. The minimum atomic E-state index is -4.76. The summed E-state index contributed by atoms with van der Waals surface area (Å²) in [6, 6.07) is 4.40. The predicted octanol–water partition coefficient (Wildman–Crippen LogP) is 2.86. The van der Waals surface area contributed by atoms with Crippen molar-refractivity contribution in [3.8, 4) is 0 Å². The molecule has 0 fully saturated rings. The third-order valence-electron chi connectivity index (χ3n) is 2.91. The number of alkyl halides is 3. The van der Waals surface area contributed by atoms with E-state index in [2.05, 4.69) is 15.0 Å². The van der Waals surface area contributed by atoms with Gasteiger partial charge in [-0.15, -0.1) is 0 Å². The topological polar surface area (TPSA) is 51.2 Å². The maximum atomic E-state index is 12.7. The maximum Gasteiger partial charge on any atom is 0.423 e. The van der Waals surface area contributed by atoms with Crippen LogP contribution in [0.5, 0.6) is 0 Å². The van der Waals surface area contributed by atoms with Crippen molar-refractivity contribution < 1.29 is 22.7 Å². The average Bonchev–Trinajstić information content (AvgIpc) is 2.34. The molecule has 0 aliphatic carbocycles. The van der Waals surface area contributed by atoms with Gasteiger partial charge in [-0.25, -0.2) is 0 Å². The molecule has 0 radical (unpaired) electrons. The van der Waals surface area contributed by atoms with E-state index in [9.17, 15) is 18.0 Å². The van der Waals surface area contributed by atoms with Gasteiger partial charge in [-0.05, 0) is 17.5 Å². The van der Waals surface area contributed by atoms with Crippen LogP contribution in [0.4, 0.5) is 13.2 Å². The van der Waals surface area contributed by atoms with Gasteiger partial charge in [0.2, 0.25) is 6.10 Å². The number of halogens is 3. The zero-order chi connectivity index (χ0) is 16.3. The number of amides is 1. The Morgan fingerprint density at radius 1 is 1.29 bits per heavy atom. The second kappa shape index (κ2) is 6.43. The van der Waals surface area contributed by atoms with E-state index < -0.39 is 29.6 Å². The Kier molecular flexibility index (Phi) is 5.33. The van der Waals surface area contributed by atoms with Gasteiger partial charge in [0.25, 0.3) is 5.91 Å². The molecule has 1 heterocycles. The molecule has 0 unspecified atom stereocenters. The highest BCUT2D eigenvalue weighted by Crippen LogP contribution is 2.32. The van der Waals surface area contributed by atoms with Gasteiger partial charge in [0, 0.05) is 13.3 Å². The summed E-state index contributed by atoms with van der Waals surface area (Å²) in [6.07, 6.45) is -5.73. The molecule has 21 heavy (non-hydrogen) atoms. The molecule has 4 nitrogen and oxygen atoms in total. The predicted molar refractivity (Wildman–Crippen MR) is 71.4 cm³/mol. The Hall–Kier alpha value is -1.63. The van der Waals surface area contributed by atoms with Crippen molar-refractivity contribution in [3.05, 3.63) is 30.1 Å². The Morgan fingerprint density at radius 3 is 2.29 bits per heavy atom. The van der Waals surface area contributed by atoms with Gasteiger partial charge in [0.15, 0.2) is 0 Å². The van der Waals surface area contributed by atoms with Crippen LogP contribution in [0.3, 0.4) is 0 Å². The van der Waals surface area contributed by atoms with Crippen molar-refractivity contribution in [2.75, 3.05) is 7.11 Å². The first-order valence-corrected chi connectivity index (χ1v) is 6.38. The summed E-state index contributed by atoms with van der Waals surface area (Å²) in [5.41, 5.74) is -0.0103. The van der Waals surface area contributed by atoms with E-state index in [0.29, 0.717) is 5.69 Å². The van der Waals surface area contributed by atoms with E-state index in [1.54, 1.807) is 18.2 Å². The quantitative estimate of drug-likeness (QED) is 0.930. The fourth-order valence-corrected chi connectivity index (χ4v) is 1.89. The van der Waals surface area contributed by atoms with Gasteiger partial charge < -0.3 is 10.1 Å². The summed E-state index contributed by atoms with van der Waals surface area (Å²) >= 11 is 0. The molecule has 7 heteroatoms. The second-order valence-corrected chi connectivity index (χ2v) is 5.72. The lowest BCUT2D eigenvalue weighted by atomic mass is 9.84. The van der Waals surface area contributed by atoms with E-state index in [0.717, 1.165) is 7.11 Å². The molecule has 1 aromatic rings. The van der Waals surface area contributed by atoms with Crippen molar-refractivity contribution in [2.24, 2.45) is 5.41 Å². The summed E-state index contributed by atoms with van der Waals surface area (Å²) in [4.78, 5) is 16.0. The molecule has 0 aliphatic rings. The summed E-state index contributed by atoms with van der Waals surface area (Å²) < 4.78 is 42.4. The first-order chi connectivity index (χ1) is 9.57. The largest absolute Gasteiger partial charge is 0.423 e. The number of carbonyl (C=O) groups excluding carboxylic acids is 1. The molecule has 1 N–H and O–H groups in total. The number of pyridine rings is 1. The maximum absolute atomic E-state index is 12.7. The number of aromatic nitrogens is 1. The highest BCUT2D eigenvalue weighted by Gasteiger charge is 2.46. The Morgan fingerprint density at radius 2 is 1.90 bits per heavy atom. The molecule has 0 saturated carbocycles. The van der Waals surface area contributed by atoms with E-state index in [4.69, 9.17) is 0 Å². The number of carbonyl (C=O) groups is 1. The van der Waals surface area contributed by atoms with Crippen LogP contribution < -0.4 is 5.32 Å². The van der Waals surface area contributed by atoms with Gasteiger partial charge in [-0.3, -0.25) is 9.78 Å². The van der Waals surface area contributed by atoms with E-state index in [-0.39, 0.29) is 0 Å². The van der Waals surface area contributed by atoms with E-state index in [1.807, 2.05) is 20.8 Å². The average molecular weight is 304 g/mol. The zero-order valence-corrected chi connectivity index (χ0v) is 12.4. The third-order valence-corrected chi connectivity index (χ3v) is 2.91. The third kappa shape index (κ3) is 4.70. The SMILES string of the molecule is CO[C@H](C(=O)N[C@@H](c1ccccn1)C(C)(C)C)C(F)(F)F. The van der Waals surface area contributed by atoms with Crippen molar-refractivity contribution in [2.45, 2.75) is 39.1 Å². The Bertz CT molecular complexity index is 469. The van der Waals surface area contributed by atoms with Crippen molar-refractivity contribution in [1.82, 2.24) is 10.3 Å². The molecular weight excluding hydrogens is 285 g/mol. The molecule has 1 rings (SSSR count). The highest BCUT2D eigenvalue weighted by molar-refractivity contribution is 5.82. The van der Waals surface area contributed by atoms with Crippen LogP contribution in [0.1, 0.15) is 32.5 Å². The molecule has 0 saturated heterocycles. The lowest BCUT2D eigenvalue weighted by Crippen LogP contribution is -2.48. The van der Waals surface area contributed by atoms with Gasteiger partial charge >= 0.3 is 6.18 Å². The summed E-state index contributed by atoms with van der Waals surface area (Å²) in [6.45, 7) is 5.42. The Balaban J connectivity index is 3.01. The molecule has 118 valence electrons. The van der Waals surface area contributed by atoms with Crippen LogP contribution in [0, 0.1) is 5.41 Å². The lowest BCUT2D eigenvalue weighted by molar-refractivity contribution is -0.212. The van der Waals surface area contributed by atoms with Crippen molar-refractivity contribution in [1.29, 1.82) is 0 Å². The number of rotatable bonds is 4. The first-order valence-electron chi connectivity index (χ1n) is 6.38. The number of hydrogen-bond acceptors (Lipinski definition) is 3. The van der Waals surface area contributed by atoms with Gasteiger partial charge in [-0.1, -0.05) is 26.8 Å². The van der Waals surface area contributed by atoms with Crippen molar-refractivity contribution >= 4 is 5.91 Å². The van der Waals surface area contributed by atoms with Crippen LogP contribution in [0.25, 0.3) is 0 Å². The highest BCUT2D eigenvalue weighted by atomic mass is 19.4. The fraction of sp³-hybridized carbons (Fsp3) is 0.571. The van der Waals surface area contributed by atoms with E-state index in [1.165, 1.54) is 6.20 Å². The number of nitrogens with one attached hydrogen (secondary N) is 1. The monoisotopic (exact) mass is 304 g/mol. The van der Waals surface area contributed by atoms with Crippen molar-refractivity contribution in [3.63, 3.8) is 0 Å². The first kappa shape index (κ1) is 17.4. The molecule has 0 aromatic carbocycles. The summed E-state index contributed by atoms with van der Waals surface area (Å²) in [7, 11) is 0.852. The van der Waals surface area contributed by atoms with Crippen LogP contribution in [-0.4, -0.2) is 30.3 Å². The van der Waals surface area contributed by atoms with Gasteiger partial charge in [0.05, 0.1) is 11.7 Å². The van der Waals surface area contributed by atoms with E-state index >= 15 is 0 Å². The van der Waals surface area contributed by atoms with Gasteiger partial charge in [-0.2, -0.15) is 13.2 Å². The van der Waals surface area contributed by atoms with Gasteiger partial charge in [0.1, 0.15) is 0 Å². The Labute approximate surface area is 121 Å². The van der Waals surface area contributed by atoms with Crippen LogP contribution in [0.2, 0.25) is 0 Å².